The van der Waals surface area contributed by atoms with Crippen LogP contribution in [0.2, 0.25) is 0 Å². The first kappa shape index (κ1) is 16.8. The van der Waals surface area contributed by atoms with E-state index in [-0.39, 0.29) is 12.1 Å². The van der Waals surface area contributed by atoms with Crippen LogP contribution in [0.4, 0.5) is 18.9 Å². The Hall–Kier alpha value is -2.09. The number of halogens is 3. The number of carboxylic acid groups (broad SMARTS) is 1. The van der Waals surface area contributed by atoms with Crippen molar-refractivity contribution in [2.75, 3.05) is 24.5 Å². The van der Waals surface area contributed by atoms with E-state index in [2.05, 4.69) is 5.32 Å². The summed E-state index contributed by atoms with van der Waals surface area (Å²) in [6, 6.07) is 4.57. The van der Waals surface area contributed by atoms with Crippen molar-refractivity contribution in [1.82, 2.24) is 5.32 Å². The second kappa shape index (κ2) is 5.77. The molecule has 3 rings (SSSR count). The zero-order valence-corrected chi connectivity index (χ0v) is 12.8. The van der Waals surface area contributed by atoms with Crippen LogP contribution >= 0.6 is 0 Å². The number of rotatable bonds is 3. The first-order valence-corrected chi connectivity index (χ1v) is 7.68. The Morgan fingerprint density at radius 3 is 2.54 bits per heavy atom. The van der Waals surface area contributed by atoms with Gasteiger partial charge in [-0.05, 0) is 43.1 Å². The summed E-state index contributed by atoms with van der Waals surface area (Å²) in [4.78, 5) is 24.8. The summed E-state index contributed by atoms with van der Waals surface area (Å²) in [6.07, 6.45) is -4.10. The van der Waals surface area contributed by atoms with E-state index in [1.165, 1.54) is 12.1 Å². The maximum atomic E-state index is 12.9. The zero-order chi connectivity index (χ0) is 17.5. The van der Waals surface area contributed by atoms with Gasteiger partial charge in [0.25, 0.3) is 0 Å². The number of alkyl halides is 3. The summed E-state index contributed by atoms with van der Waals surface area (Å²) in [6.45, 7) is -0.344. The molecule has 1 aromatic rings. The monoisotopic (exact) mass is 342 g/mol. The van der Waals surface area contributed by atoms with E-state index in [4.69, 9.17) is 5.11 Å². The molecule has 5 nitrogen and oxygen atoms in total. The lowest BCUT2D eigenvalue weighted by Gasteiger charge is -2.34. The number of amides is 1. The Kier molecular flexibility index (Phi) is 4.03. The lowest BCUT2D eigenvalue weighted by atomic mass is 9.72. The molecule has 2 N–H and O–H groups in total. The number of hydrogen-bond acceptors (Lipinski definition) is 3. The van der Waals surface area contributed by atoms with Crippen LogP contribution in [0, 0.1) is 0 Å². The van der Waals surface area contributed by atoms with Crippen molar-refractivity contribution >= 4 is 17.6 Å². The lowest BCUT2D eigenvalue weighted by Crippen LogP contribution is -2.49. The van der Waals surface area contributed by atoms with Crippen LogP contribution in [0.5, 0.6) is 0 Å². The molecule has 1 fully saturated rings. The fraction of sp³-hybridized carbons (Fsp3) is 0.500. The SMILES string of the molecule is O=C(O)Cc1cccc2c1C1(CCNCC1)C(=O)N2CC(F)(F)F. The molecule has 0 atom stereocenters. The minimum absolute atomic E-state index is 0.193. The molecule has 0 aromatic heterocycles. The topological polar surface area (TPSA) is 69.6 Å². The van der Waals surface area contributed by atoms with Crippen molar-refractivity contribution in [2.24, 2.45) is 0 Å². The highest BCUT2D eigenvalue weighted by Gasteiger charge is 2.54. The van der Waals surface area contributed by atoms with Gasteiger partial charge in [0.05, 0.1) is 11.8 Å². The van der Waals surface area contributed by atoms with Crippen LogP contribution < -0.4 is 10.2 Å². The fourth-order valence-electron chi connectivity index (χ4n) is 3.80. The summed E-state index contributed by atoms with van der Waals surface area (Å²) >= 11 is 0. The number of aliphatic carboxylic acids is 1. The highest BCUT2D eigenvalue weighted by atomic mass is 19.4. The van der Waals surface area contributed by atoms with E-state index in [1.54, 1.807) is 6.07 Å². The molecule has 2 heterocycles. The van der Waals surface area contributed by atoms with Gasteiger partial charge in [-0.1, -0.05) is 12.1 Å². The molecule has 2 aliphatic heterocycles. The lowest BCUT2D eigenvalue weighted by molar-refractivity contribution is -0.136. The van der Waals surface area contributed by atoms with Crippen LogP contribution in [0.1, 0.15) is 24.0 Å². The van der Waals surface area contributed by atoms with Gasteiger partial charge in [0.1, 0.15) is 6.54 Å². The number of nitrogens with one attached hydrogen (secondary N) is 1. The highest BCUT2D eigenvalue weighted by molar-refractivity contribution is 6.09. The molecular weight excluding hydrogens is 325 g/mol. The van der Waals surface area contributed by atoms with Gasteiger partial charge in [-0.15, -0.1) is 0 Å². The number of carbonyl (C=O) groups is 2. The minimum Gasteiger partial charge on any atom is -0.481 e. The Balaban J connectivity index is 2.15. The van der Waals surface area contributed by atoms with Gasteiger partial charge in [0.2, 0.25) is 5.91 Å². The van der Waals surface area contributed by atoms with Crippen molar-refractivity contribution in [3.63, 3.8) is 0 Å². The van der Waals surface area contributed by atoms with Gasteiger partial charge in [0, 0.05) is 5.69 Å². The molecule has 130 valence electrons. The summed E-state index contributed by atoms with van der Waals surface area (Å²) in [5.41, 5.74) is 0.0128. The number of benzene rings is 1. The molecule has 1 saturated heterocycles. The number of carbonyl (C=O) groups excluding carboxylic acids is 1. The van der Waals surface area contributed by atoms with Crippen molar-refractivity contribution in [3.05, 3.63) is 29.3 Å². The molecule has 2 aliphatic rings. The standard InChI is InChI=1S/C16H17F3N2O3/c17-16(18,19)9-21-11-3-1-2-10(8-12(22)23)13(11)15(14(21)24)4-6-20-7-5-15/h1-3,20H,4-9H2,(H,22,23). The number of fused-ring (bicyclic) bond motifs is 2. The molecule has 8 heteroatoms. The van der Waals surface area contributed by atoms with E-state index in [9.17, 15) is 22.8 Å². The van der Waals surface area contributed by atoms with Crippen LogP contribution in [0.3, 0.4) is 0 Å². The number of carboxylic acids is 1. The van der Waals surface area contributed by atoms with E-state index in [0.29, 0.717) is 37.1 Å². The van der Waals surface area contributed by atoms with Crippen LogP contribution in [0.15, 0.2) is 18.2 Å². The summed E-state index contributed by atoms with van der Waals surface area (Å²) in [5, 5.41) is 12.2. The maximum Gasteiger partial charge on any atom is 0.406 e. The molecule has 0 saturated carbocycles. The Labute approximate surface area is 136 Å². The van der Waals surface area contributed by atoms with Crippen LogP contribution in [0.25, 0.3) is 0 Å². The quantitative estimate of drug-likeness (QED) is 0.880. The van der Waals surface area contributed by atoms with Gasteiger partial charge >= 0.3 is 12.1 Å². The summed E-state index contributed by atoms with van der Waals surface area (Å²) < 4.78 is 38.8. The van der Waals surface area contributed by atoms with E-state index >= 15 is 0 Å². The van der Waals surface area contributed by atoms with Gasteiger partial charge in [-0.25, -0.2) is 0 Å². The fourth-order valence-corrected chi connectivity index (χ4v) is 3.80. The molecule has 1 amide bonds. The molecule has 0 aliphatic carbocycles. The van der Waals surface area contributed by atoms with Crippen molar-refractivity contribution in [2.45, 2.75) is 30.9 Å². The Bertz CT molecular complexity index is 682. The molecule has 0 unspecified atom stereocenters. The van der Waals surface area contributed by atoms with Crippen molar-refractivity contribution in [1.29, 1.82) is 0 Å². The van der Waals surface area contributed by atoms with E-state index in [1.807, 2.05) is 0 Å². The number of piperidine rings is 1. The van der Waals surface area contributed by atoms with E-state index < -0.39 is 30.0 Å². The van der Waals surface area contributed by atoms with Crippen LogP contribution in [-0.4, -0.2) is 42.8 Å². The third kappa shape index (κ3) is 2.75. The van der Waals surface area contributed by atoms with Crippen LogP contribution in [-0.2, 0) is 21.4 Å². The molecule has 24 heavy (non-hydrogen) atoms. The zero-order valence-electron chi connectivity index (χ0n) is 12.8. The minimum atomic E-state index is -4.52. The summed E-state index contributed by atoms with van der Waals surface area (Å²) in [7, 11) is 0. The predicted octanol–water partition coefficient (Wildman–Crippen LogP) is 1.84. The average Bonchev–Trinajstić information content (AvgIpc) is 2.70. The number of anilines is 1. The van der Waals surface area contributed by atoms with Gasteiger partial charge < -0.3 is 15.3 Å². The molecule has 1 spiro atoms. The second-order valence-electron chi connectivity index (χ2n) is 6.22. The van der Waals surface area contributed by atoms with Gasteiger partial charge in [-0.3, -0.25) is 9.59 Å². The van der Waals surface area contributed by atoms with E-state index in [0.717, 1.165) is 4.90 Å². The Morgan fingerprint density at radius 1 is 1.29 bits per heavy atom. The average molecular weight is 342 g/mol. The first-order chi connectivity index (χ1) is 11.2. The van der Waals surface area contributed by atoms with Crippen molar-refractivity contribution in [3.8, 4) is 0 Å². The highest BCUT2D eigenvalue weighted by Crippen LogP contribution is 2.49. The second-order valence-corrected chi connectivity index (χ2v) is 6.22. The molecule has 1 aromatic carbocycles. The molecule has 0 bridgehead atoms. The van der Waals surface area contributed by atoms with Crippen molar-refractivity contribution < 1.29 is 27.9 Å². The summed E-state index contributed by atoms with van der Waals surface area (Å²) in [5.74, 6) is -1.65. The first-order valence-electron chi connectivity index (χ1n) is 7.68. The van der Waals surface area contributed by atoms with Gasteiger partial charge in [-0.2, -0.15) is 13.2 Å². The number of hydrogen-bond donors (Lipinski definition) is 2. The predicted molar refractivity (Wildman–Crippen MR) is 80.0 cm³/mol. The normalized spacial score (nSPS) is 19.6. The molecular formula is C16H17F3N2O3. The third-order valence-corrected chi connectivity index (χ3v) is 4.69. The van der Waals surface area contributed by atoms with Gasteiger partial charge in [0.15, 0.2) is 0 Å². The smallest absolute Gasteiger partial charge is 0.406 e. The largest absolute Gasteiger partial charge is 0.481 e. The third-order valence-electron chi connectivity index (χ3n) is 4.69. The molecule has 0 radical (unpaired) electrons. The number of nitrogens with zero attached hydrogens (tertiary/aromatic N) is 1. The maximum absolute atomic E-state index is 12.9. The Morgan fingerprint density at radius 2 is 1.96 bits per heavy atom.